The monoisotopic (exact) mass is 403 g/mol. The summed E-state index contributed by atoms with van der Waals surface area (Å²) in [6.45, 7) is 5.32. The van der Waals surface area contributed by atoms with E-state index in [1.54, 1.807) is 0 Å². The maximum absolute atomic E-state index is 11.6. The first-order valence-electron chi connectivity index (χ1n) is 8.06. The average Bonchev–Trinajstić information content (AvgIpc) is 2.50. The van der Waals surface area contributed by atoms with E-state index in [4.69, 9.17) is 5.73 Å². The molecule has 1 amide bonds. The molecule has 1 aliphatic rings. The van der Waals surface area contributed by atoms with Gasteiger partial charge in [-0.25, -0.2) is 0 Å². The third kappa shape index (κ3) is 6.42. The van der Waals surface area contributed by atoms with E-state index in [-0.39, 0.29) is 18.3 Å². The fourth-order valence-corrected chi connectivity index (χ4v) is 3.24. The molecule has 1 aromatic rings. The number of aryl methyl sites for hydroxylation is 1. The van der Waals surface area contributed by atoms with E-state index in [0.717, 1.165) is 30.5 Å². The largest absolute Gasteiger partial charge is 0.354 e. The quantitative estimate of drug-likeness (QED) is 0.766. The first-order valence-corrected chi connectivity index (χ1v) is 8.85. The topological polar surface area (TPSA) is 58.4 Å². The van der Waals surface area contributed by atoms with Gasteiger partial charge in [-0.3, -0.25) is 9.69 Å². The van der Waals surface area contributed by atoms with Gasteiger partial charge >= 0.3 is 0 Å². The Balaban J connectivity index is 0.00000264. The number of likely N-dealkylation sites (tertiary alicyclic amines) is 1. The summed E-state index contributed by atoms with van der Waals surface area (Å²) in [4.78, 5) is 14.1. The predicted molar refractivity (Wildman–Crippen MR) is 101 cm³/mol. The Hall–Kier alpha value is -0.620. The molecule has 1 unspecified atom stereocenters. The van der Waals surface area contributed by atoms with Gasteiger partial charge in [-0.2, -0.15) is 0 Å². The first kappa shape index (κ1) is 20.4. The van der Waals surface area contributed by atoms with Crippen LogP contribution in [0, 0.1) is 6.92 Å². The van der Waals surface area contributed by atoms with Crippen LogP contribution in [0.2, 0.25) is 0 Å². The molecule has 1 atom stereocenters. The van der Waals surface area contributed by atoms with E-state index in [2.05, 4.69) is 51.3 Å². The minimum atomic E-state index is 0. The maximum atomic E-state index is 11.6. The second-order valence-corrected chi connectivity index (χ2v) is 6.90. The lowest BCUT2D eigenvalue weighted by atomic mass is 10.0. The molecule has 1 fully saturated rings. The molecular formula is C17H27BrClN3O. The summed E-state index contributed by atoms with van der Waals surface area (Å²) in [5, 5.41) is 3.02. The number of nitrogens with one attached hydrogen (secondary N) is 1. The molecule has 2 rings (SSSR count). The molecule has 1 saturated heterocycles. The molecule has 1 aliphatic heterocycles. The summed E-state index contributed by atoms with van der Waals surface area (Å²) in [6, 6.07) is 6.96. The zero-order chi connectivity index (χ0) is 15.9. The van der Waals surface area contributed by atoms with Crippen molar-refractivity contribution in [1.82, 2.24) is 10.2 Å². The number of benzene rings is 1. The second kappa shape index (κ2) is 10.3. The molecular weight excluding hydrogens is 378 g/mol. The lowest BCUT2D eigenvalue weighted by molar-refractivity contribution is -0.121. The van der Waals surface area contributed by atoms with Crippen LogP contribution in [0.25, 0.3) is 0 Å². The average molecular weight is 405 g/mol. The first-order chi connectivity index (χ1) is 10.6. The van der Waals surface area contributed by atoms with Gasteiger partial charge in [0.2, 0.25) is 5.91 Å². The van der Waals surface area contributed by atoms with E-state index in [9.17, 15) is 4.79 Å². The minimum Gasteiger partial charge on any atom is -0.354 e. The summed E-state index contributed by atoms with van der Waals surface area (Å²) in [6.07, 6.45) is 4.05. The molecule has 23 heavy (non-hydrogen) atoms. The van der Waals surface area contributed by atoms with Crippen LogP contribution < -0.4 is 11.1 Å². The third-order valence-electron chi connectivity index (χ3n) is 4.26. The maximum Gasteiger partial charge on any atom is 0.221 e. The molecule has 1 aromatic carbocycles. The van der Waals surface area contributed by atoms with E-state index in [1.165, 1.54) is 24.0 Å². The lowest BCUT2D eigenvalue weighted by Gasteiger charge is -2.36. The molecule has 4 nitrogen and oxygen atoms in total. The summed E-state index contributed by atoms with van der Waals surface area (Å²) in [5.41, 5.74) is 8.02. The highest BCUT2D eigenvalue weighted by Crippen LogP contribution is 2.22. The highest BCUT2D eigenvalue weighted by molar-refractivity contribution is 9.10. The van der Waals surface area contributed by atoms with Crippen molar-refractivity contribution in [3.63, 3.8) is 0 Å². The summed E-state index contributed by atoms with van der Waals surface area (Å²) >= 11 is 3.55. The van der Waals surface area contributed by atoms with Crippen molar-refractivity contribution >= 4 is 34.2 Å². The molecule has 0 saturated carbocycles. The Morgan fingerprint density at radius 2 is 2.22 bits per heavy atom. The number of carbonyl (C=O) groups is 1. The van der Waals surface area contributed by atoms with Crippen molar-refractivity contribution in [2.24, 2.45) is 5.73 Å². The smallest absolute Gasteiger partial charge is 0.221 e. The van der Waals surface area contributed by atoms with E-state index >= 15 is 0 Å². The highest BCUT2D eigenvalue weighted by Gasteiger charge is 2.22. The zero-order valence-corrected chi connectivity index (χ0v) is 16.1. The number of halogens is 2. The number of amides is 1. The van der Waals surface area contributed by atoms with Gasteiger partial charge in [0.15, 0.2) is 0 Å². The number of carbonyl (C=O) groups excluding carboxylic acids is 1. The lowest BCUT2D eigenvalue weighted by Crippen LogP contribution is -2.46. The van der Waals surface area contributed by atoms with Crippen molar-refractivity contribution in [1.29, 1.82) is 0 Å². The Labute approximate surface area is 153 Å². The van der Waals surface area contributed by atoms with Gasteiger partial charge in [0.25, 0.3) is 0 Å². The van der Waals surface area contributed by atoms with Crippen LogP contribution >= 0.6 is 28.3 Å². The van der Waals surface area contributed by atoms with Crippen LogP contribution in [0.1, 0.15) is 36.8 Å². The van der Waals surface area contributed by atoms with Gasteiger partial charge in [-0.1, -0.05) is 34.5 Å². The van der Waals surface area contributed by atoms with Gasteiger partial charge in [-0.15, -0.1) is 12.4 Å². The molecule has 1 heterocycles. The van der Waals surface area contributed by atoms with Gasteiger partial charge in [0.05, 0.1) is 0 Å². The molecule has 0 spiro atoms. The number of rotatable bonds is 6. The van der Waals surface area contributed by atoms with Gasteiger partial charge in [0.1, 0.15) is 0 Å². The molecule has 3 N–H and O–H groups in total. The summed E-state index contributed by atoms with van der Waals surface area (Å²) in [5.74, 6) is 0.0625. The van der Waals surface area contributed by atoms with Crippen LogP contribution in [0.4, 0.5) is 0 Å². The Kier molecular flexibility index (Phi) is 9.14. The Morgan fingerprint density at radius 3 is 2.91 bits per heavy atom. The predicted octanol–water partition coefficient (Wildman–Crippen LogP) is 3.00. The molecule has 6 heteroatoms. The SMILES string of the molecule is Cc1cc(CN2CCCCC2CNC(=O)CCN)ccc1Br.Cl. The molecule has 0 radical (unpaired) electrons. The number of piperidine rings is 1. The van der Waals surface area contributed by atoms with Crippen LogP contribution in [0.15, 0.2) is 22.7 Å². The van der Waals surface area contributed by atoms with Gasteiger partial charge in [0, 0.05) is 36.6 Å². The highest BCUT2D eigenvalue weighted by atomic mass is 79.9. The standard InChI is InChI=1S/C17H26BrN3O.ClH/c1-13-10-14(5-6-16(13)18)12-21-9-3-2-4-15(21)11-20-17(22)7-8-19;/h5-6,10,15H,2-4,7-9,11-12,19H2,1H3,(H,20,22);1H. The fourth-order valence-electron chi connectivity index (χ4n) is 2.99. The number of nitrogens with zero attached hydrogens (tertiary/aromatic N) is 1. The number of hydrogen-bond acceptors (Lipinski definition) is 3. The number of nitrogens with two attached hydrogens (primary N) is 1. The van der Waals surface area contributed by atoms with Crippen LogP contribution in [0.5, 0.6) is 0 Å². The van der Waals surface area contributed by atoms with E-state index < -0.39 is 0 Å². The summed E-state index contributed by atoms with van der Waals surface area (Å²) < 4.78 is 1.15. The van der Waals surface area contributed by atoms with Crippen LogP contribution in [-0.4, -0.2) is 36.5 Å². The van der Waals surface area contributed by atoms with Gasteiger partial charge in [-0.05, 0) is 43.5 Å². The molecule has 0 bridgehead atoms. The van der Waals surface area contributed by atoms with Crippen LogP contribution in [0.3, 0.4) is 0 Å². The summed E-state index contributed by atoms with van der Waals surface area (Å²) in [7, 11) is 0. The van der Waals surface area contributed by atoms with Crippen LogP contribution in [-0.2, 0) is 11.3 Å². The Morgan fingerprint density at radius 1 is 1.43 bits per heavy atom. The van der Waals surface area contributed by atoms with E-state index in [1.807, 2.05) is 0 Å². The fraction of sp³-hybridized carbons (Fsp3) is 0.588. The van der Waals surface area contributed by atoms with Crippen molar-refractivity contribution < 1.29 is 4.79 Å². The molecule has 130 valence electrons. The minimum absolute atomic E-state index is 0. The second-order valence-electron chi connectivity index (χ2n) is 6.05. The third-order valence-corrected chi connectivity index (χ3v) is 5.15. The van der Waals surface area contributed by atoms with Gasteiger partial charge < -0.3 is 11.1 Å². The normalized spacial score (nSPS) is 18.3. The van der Waals surface area contributed by atoms with E-state index in [0.29, 0.717) is 19.0 Å². The van der Waals surface area contributed by atoms with Crippen molar-refractivity contribution in [2.45, 2.75) is 45.2 Å². The molecule has 0 aliphatic carbocycles. The Bertz CT molecular complexity index is 513. The number of hydrogen-bond donors (Lipinski definition) is 2. The molecule has 0 aromatic heterocycles. The zero-order valence-electron chi connectivity index (χ0n) is 13.7. The van der Waals surface area contributed by atoms with Crippen molar-refractivity contribution in [3.05, 3.63) is 33.8 Å². The van der Waals surface area contributed by atoms with Crippen molar-refractivity contribution in [2.75, 3.05) is 19.6 Å². The van der Waals surface area contributed by atoms with Crippen molar-refractivity contribution in [3.8, 4) is 0 Å².